The second kappa shape index (κ2) is 5.81. The number of nitrogens with zero attached hydrogens (tertiary/aromatic N) is 1. The second-order valence-corrected chi connectivity index (χ2v) is 5.01. The molecule has 6 heteroatoms. The summed E-state index contributed by atoms with van der Waals surface area (Å²) in [6, 6.07) is 3.16. The fourth-order valence-corrected chi connectivity index (χ4v) is 2.49. The van der Waals surface area contributed by atoms with Gasteiger partial charge in [0.2, 0.25) is 10.0 Å². The molecule has 5 nitrogen and oxygen atoms in total. The SMILES string of the molecule is CCCNS(=O)(=O)c1cccnc1NCC. The largest absolute Gasteiger partial charge is 0.369 e. The predicted octanol–water partition coefficient (Wildman–Crippen LogP) is 1.20. The Labute approximate surface area is 96.3 Å². The molecule has 0 spiro atoms. The minimum atomic E-state index is -3.45. The molecule has 0 amide bonds. The first-order chi connectivity index (χ1) is 7.61. The number of nitrogens with one attached hydrogen (secondary N) is 2. The van der Waals surface area contributed by atoms with Crippen LogP contribution in [-0.2, 0) is 10.0 Å². The molecule has 2 N–H and O–H groups in total. The van der Waals surface area contributed by atoms with E-state index in [2.05, 4.69) is 15.0 Å². The van der Waals surface area contributed by atoms with Gasteiger partial charge in [0.25, 0.3) is 0 Å². The number of rotatable bonds is 6. The highest BCUT2D eigenvalue weighted by Gasteiger charge is 2.17. The number of aromatic nitrogens is 1. The summed E-state index contributed by atoms with van der Waals surface area (Å²) in [6.07, 6.45) is 2.33. The van der Waals surface area contributed by atoms with Crippen molar-refractivity contribution in [2.24, 2.45) is 0 Å². The van der Waals surface area contributed by atoms with E-state index < -0.39 is 10.0 Å². The van der Waals surface area contributed by atoms with Crippen LogP contribution in [0.5, 0.6) is 0 Å². The van der Waals surface area contributed by atoms with Gasteiger partial charge in [0, 0.05) is 19.3 Å². The molecular formula is C10H17N3O2S. The van der Waals surface area contributed by atoms with Crippen LogP contribution in [0.4, 0.5) is 5.82 Å². The van der Waals surface area contributed by atoms with Crippen LogP contribution in [0.2, 0.25) is 0 Å². The van der Waals surface area contributed by atoms with Crippen LogP contribution in [0.15, 0.2) is 23.2 Å². The lowest BCUT2D eigenvalue weighted by Gasteiger charge is -2.10. The van der Waals surface area contributed by atoms with Gasteiger partial charge >= 0.3 is 0 Å². The van der Waals surface area contributed by atoms with Crippen molar-refractivity contribution in [3.8, 4) is 0 Å². The summed E-state index contributed by atoms with van der Waals surface area (Å²) in [5.74, 6) is 0.397. The Hall–Kier alpha value is -1.14. The highest BCUT2D eigenvalue weighted by atomic mass is 32.2. The minimum Gasteiger partial charge on any atom is -0.369 e. The first-order valence-corrected chi connectivity index (χ1v) is 6.78. The molecule has 0 unspecified atom stereocenters. The van der Waals surface area contributed by atoms with Crippen LogP contribution in [0.3, 0.4) is 0 Å². The van der Waals surface area contributed by atoms with Gasteiger partial charge in [0.05, 0.1) is 0 Å². The first kappa shape index (κ1) is 12.9. The number of hydrogen-bond donors (Lipinski definition) is 2. The molecule has 0 aliphatic rings. The van der Waals surface area contributed by atoms with Gasteiger partial charge < -0.3 is 5.32 Å². The topological polar surface area (TPSA) is 71.1 Å². The molecule has 0 bridgehead atoms. The highest BCUT2D eigenvalue weighted by Crippen LogP contribution is 2.17. The zero-order chi connectivity index (χ0) is 12.0. The first-order valence-electron chi connectivity index (χ1n) is 5.30. The number of anilines is 1. The van der Waals surface area contributed by atoms with Crippen molar-refractivity contribution in [1.82, 2.24) is 9.71 Å². The van der Waals surface area contributed by atoms with E-state index in [1.807, 2.05) is 13.8 Å². The van der Waals surface area contributed by atoms with Gasteiger partial charge in [-0.15, -0.1) is 0 Å². The van der Waals surface area contributed by atoms with Crippen molar-refractivity contribution in [1.29, 1.82) is 0 Å². The molecule has 0 atom stereocenters. The van der Waals surface area contributed by atoms with Crippen LogP contribution in [-0.4, -0.2) is 26.5 Å². The molecule has 1 aromatic rings. The summed E-state index contributed by atoms with van der Waals surface area (Å²) < 4.78 is 26.3. The zero-order valence-electron chi connectivity index (χ0n) is 9.53. The van der Waals surface area contributed by atoms with E-state index in [-0.39, 0.29) is 4.90 Å². The van der Waals surface area contributed by atoms with Crippen LogP contribution in [0, 0.1) is 0 Å². The smallest absolute Gasteiger partial charge is 0.244 e. The van der Waals surface area contributed by atoms with E-state index in [1.54, 1.807) is 18.3 Å². The molecule has 0 fully saturated rings. The molecule has 1 rings (SSSR count). The molecule has 1 aromatic heterocycles. The summed E-state index contributed by atoms with van der Waals surface area (Å²) >= 11 is 0. The zero-order valence-corrected chi connectivity index (χ0v) is 10.3. The van der Waals surface area contributed by atoms with E-state index >= 15 is 0 Å². The molecular weight excluding hydrogens is 226 g/mol. The molecule has 90 valence electrons. The van der Waals surface area contributed by atoms with Crippen molar-refractivity contribution >= 4 is 15.8 Å². The average molecular weight is 243 g/mol. The number of hydrogen-bond acceptors (Lipinski definition) is 4. The average Bonchev–Trinajstić information content (AvgIpc) is 2.27. The summed E-state index contributed by atoms with van der Waals surface area (Å²) in [6.45, 7) is 4.87. The molecule has 1 heterocycles. The maximum absolute atomic E-state index is 11.9. The van der Waals surface area contributed by atoms with Gasteiger partial charge in [-0.1, -0.05) is 6.92 Å². The second-order valence-electron chi connectivity index (χ2n) is 3.28. The molecule has 16 heavy (non-hydrogen) atoms. The van der Waals surface area contributed by atoms with E-state index in [1.165, 1.54) is 0 Å². The molecule has 0 aromatic carbocycles. The van der Waals surface area contributed by atoms with Crippen LogP contribution >= 0.6 is 0 Å². The Morgan fingerprint density at radius 3 is 2.75 bits per heavy atom. The number of sulfonamides is 1. The van der Waals surface area contributed by atoms with Crippen molar-refractivity contribution in [3.63, 3.8) is 0 Å². The highest BCUT2D eigenvalue weighted by molar-refractivity contribution is 7.89. The van der Waals surface area contributed by atoms with E-state index in [9.17, 15) is 8.42 Å². The van der Waals surface area contributed by atoms with E-state index in [4.69, 9.17) is 0 Å². The molecule has 0 aliphatic carbocycles. The van der Waals surface area contributed by atoms with Crippen molar-refractivity contribution in [2.75, 3.05) is 18.4 Å². The third-order valence-electron chi connectivity index (χ3n) is 1.95. The van der Waals surface area contributed by atoms with Gasteiger partial charge in [-0.2, -0.15) is 0 Å². The number of pyridine rings is 1. The summed E-state index contributed by atoms with van der Waals surface area (Å²) in [5, 5.41) is 2.93. The predicted molar refractivity (Wildman–Crippen MR) is 63.9 cm³/mol. The summed E-state index contributed by atoms with van der Waals surface area (Å²) in [4.78, 5) is 4.21. The van der Waals surface area contributed by atoms with Crippen molar-refractivity contribution < 1.29 is 8.42 Å². The van der Waals surface area contributed by atoms with Gasteiger partial charge in [-0.25, -0.2) is 18.1 Å². The quantitative estimate of drug-likeness (QED) is 0.787. The third kappa shape index (κ3) is 3.18. The summed E-state index contributed by atoms with van der Waals surface area (Å²) in [7, 11) is -3.45. The molecule has 0 aliphatic heterocycles. The Kier molecular flexibility index (Phi) is 4.70. The fourth-order valence-electron chi connectivity index (χ4n) is 1.22. The Morgan fingerprint density at radius 1 is 1.38 bits per heavy atom. The van der Waals surface area contributed by atoms with Gasteiger partial charge in [-0.3, -0.25) is 0 Å². The van der Waals surface area contributed by atoms with Crippen LogP contribution < -0.4 is 10.0 Å². The maximum atomic E-state index is 11.9. The summed E-state index contributed by atoms with van der Waals surface area (Å²) in [5.41, 5.74) is 0. The Bertz CT molecular complexity index is 431. The standard InChI is InChI=1S/C10H17N3O2S/c1-3-7-13-16(14,15)9-6-5-8-12-10(9)11-4-2/h5-6,8,13H,3-4,7H2,1-2H3,(H,11,12). The lowest BCUT2D eigenvalue weighted by atomic mass is 10.4. The maximum Gasteiger partial charge on any atom is 0.244 e. The normalized spacial score (nSPS) is 11.4. The van der Waals surface area contributed by atoms with Crippen LogP contribution in [0.1, 0.15) is 20.3 Å². The van der Waals surface area contributed by atoms with Gasteiger partial charge in [0.15, 0.2) is 0 Å². The third-order valence-corrected chi connectivity index (χ3v) is 3.44. The monoisotopic (exact) mass is 243 g/mol. The van der Waals surface area contributed by atoms with E-state index in [0.29, 0.717) is 18.9 Å². The Balaban J connectivity index is 3.02. The van der Waals surface area contributed by atoms with Gasteiger partial charge in [0.1, 0.15) is 10.7 Å². The fraction of sp³-hybridized carbons (Fsp3) is 0.500. The minimum absolute atomic E-state index is 0.199. The Morgan fingerprint density at radius 2 is 2.12 bits per heavy atom. The molecule has 0 radical (unpaired) electrons. The molecule has 0 saturated heterocycles. The van der Waals surface area contributed by atoms with E-state index in [0.717, 1.165) is 6.42 Å². The lowest BCUT2D eigenvalue weighted by Crippen LogP contribution is -2.25. The van der Waals surface area contributed by atoms with Gasteiger partial charge in [-0.05, 0) is 25.5 Å². The van der Waals surface area contributed by atoms with Crippen molar-refractivity contribution in [2.45, 2.75) is 25.2 Å². The molecule has 0 saturated carbocycles. The van der Waals surface area contributed by atoms with Crippen LogP contribution in [0.25, 0.3) is 0 Å². The lowest BCUT2D eigenvalue weighted by molar-refractivity contribution is 0.580. The van der Waals surface area contributed by atoms with Crippen molar-refractivity contribution in [3.05, 3.63) is 18.3 Å².